The first kappa shape index (κ1) is 17.1. The number of furan rings is 1. The minimum Gasteiger partial charge on any atom is -0.456 e. The molecule has 0 aliphatic heterocycles. The molecule has 1 heterocycles. The third-order valence-electron chi connectivity index (χ3n) is 5.90. The van der Waals surface area contributed by atoms with Gasteiger partial charge in [0.1, 0.15) is 11.2 Å². The average molecular weight is 384 g/mol. The summed E-state index contributed by atoms with van der Waals surface area (Å²) in [6.07, 6.45) is 0.843. The maximum Gasteiger partial charge on any atom is 0.139 e. The summed E-state index contributed by atoms with van der Waals surface area (Å²) in [7, 11) is 0. The molecule has 0 N–H and O–H groups in total. The minimum absolute atomic E-state index is 0.843. The van der Waals surface area contributed by atoms with Gasteiger partial charge in [0.05, 0.1) is 0 Å². The third-order valence-corrected chi connectivity index (χ3v) is 5.90. The van der Waals surface area contributed by atoms with E-state index in [-0.39, 0.29) is 0 Å². The Balaban J connectivity index is 1.49. The highest BCUT2D eigenvalue weighted by Gasteiger charge is 2.15. The fourth-order valence-corrected chi connectivity index (χ4v) is 4.44. The van der Waals surface area contributed by atoms with E-state index in [0.717, 1.165) is 17.6 Å². The van der Waals surface area contributed by atoms with E-state index in [9.17, 15) is 0 Å². The summed E-state index contributed by atoms with van der Waals surface area (Å²) in [4.78, 5) is 0. The molecule has 0 aliphatic rings. The second-order valence-corrected chi connectivity index (χ2v) is 7.80. The third kappa shape index (κ3) is 2.79. The minimum atomic E-state index is 0.843. The number of rotatable bonds is 3. The second kappa shape index (κ2) is 6.89. The molecule has 0 aliphatic carbocycles. The number of hydrogen-bond acceptors (Lipinski definition) is 1. The maximum atomic E-state index is 6.36. The Morgan fingerprint density at radius 2 is 1.23 bits per heavy atom. The van der Waals surface area contributed by atoms with Gasteiger partial charge >= 0.3 is 0 Å². The van der Waals surface area contributed by atoms with E-state index in [1.165, 1.54) is 43.8 Å². The maximum absolute atomic E-state index is 6.36. The highest BCUT2D eigenvalue weighted by atomic mass is 16.3. The molecule has 1 nitrogen and oxygen atoms in total. The molecule has 0 spiro atoms. The van der Waals surface area contributed by atoms with Crippen LogP contribution in [-0.4, -0.2) is 0 Å². The highest BCUT2D eigenvalue weighted by Crippen LogP contribution is 2.37. The molecule has 1 aromatic heterocycles. The predicted octanol–water partition coefficient (Wildman–Crippen LogP) is 8.00. The van der Waals surface area contributed by atoms with E-state index >= 15 is 0 Å². The fourth-order valence-electron chi connectivity index (χ4n) is 4.44. The molecule has 0 unspecified atom stereocenters. The van der Waals surface area contributed by atoms with Crippen molar-refractivity contribution in [2.45, 2.75) is 6.42 Å². The van der Waals surface area contributed by atoms with Crippen molar-refractivity contribution in [2.75, 3.05) is 0 Å². The Morgan fingerprint density at radius 1 is 0.567 bits per heavy atom. The van der Waals surface area contributed by atoms with E-state index in [0.29, 0.717) is 0 Å². The smallest absolute Gasteiger partial charge is 0.139 e. The highest BCUT2D eigenvalue weighted by molar-refractivity contribution is 6.19. The van der Waals surface area contributed by atoms with Crippen LogP contribution in [0, 0.1) is 0 Å². The summed E-state index contributed by atoms with van der Waals surface area (Å²) in [5, 5.41) is 4.91. The number of para-hydroxylation sites is 1. The topological polar surface area (TPSA) is 13.1 Å². The van der Waals surface area contributed by atoms with Crippen LogP contribution in [0.2, 0.25) is 0 Å². The monoisotopic (exact) mass is 384 g/mol. The van der Waals surface area contributed by atoms with Gasteiger partial charge < -0.3 is 4.42 Å². The molecule has 0 bridgehead atoms. The van der Waals surface area contributed by atoms with Gasteiger partial charge in [-0.25, -0.2) is 0 Å². The van der Waals surface area contributed by atoms with Crippen LogP contribution in [-0.2, 0) is 6.42 Å². The van der Waals surface area contributed by atoms with Gasteiger partial charge in [-0.15, -0.1) is 0 Å². The van der Waals surface area contributed by atoms with Crippen LogP contribution in [0.4, 0.5) is 0 Å². The van der Waals surface area contributed by atoms with Gasteiger partial charge in [0.25, 0.3) is 0 Å². The van der Waals surface area contributed by atoms with Crippen molar-refractivity contribution in [3.05, 3.63) is 120 Å². The second-order valence-electron chi connectivity index (χ2n) is 7.80. The van der Waals surface area contributed by atoms with Crippen LogP contribution in [0.3, 0.4) is 0 Å². The molecular formula is C29H20O. The molecule has 0 atom stereocenters. The van der Waals surface area contributed by atoms with Gasteiger partial charge in [-0.2, -0.15) is 0 Å². The van der Waals surface area contributed by atoms with Gasteiger partial charge in [-0.05, 0) is 39.6 Å². The SMILES string of the molecule is c1ccc(-c2ccc(Cc3cc4ccccc4c4c3oc3ccccc34)cc2)cc1. The predicted molar refractivity (Wildman–Crippen MR) is 126 cm³/mol. The normalized spacial score (nSPS) is 11.5. The van der Waals surface area contributed by atoms with Crippen LogP contribution in [0.5, 0.6) is 0 Å². The Bertz CT molecular complexity index is 1490. The molecule has 6 rings (SSSR count). The Kier molecular flexibility index (Phi) is 3.92. The Labute approximate surface area is 175 Å². The first-order valence-electron chi connectivity index (χ1n) is 10.3. The van der Waals surface area contributed by atoms with Crippen molar-refractivity contribution in [2.24, 2.45) is 0 Å². The van der Waals surface area contributed by atoms with Crippen molar-refractivity contribution < 1.29 is 4.42 Å². The van der Waals surface area contributed by atoms with Gasteiger partial charge in [0.2, 0.25) is 0 Å². The van der Waals surface area contributed by atoms with Crippen molar-refractivity contribution in [3.63, 3.8) is 0 Å². The first-order valence-corrected chi connectivity index (χ1v) is 10.3. The van der Waals surface area contributed by atoms with Gasteiger partial charge in [0, 0.05) is 22.8 Å². The molecule has 30 heavy (non-hydrogen) atoms. The van der Waals surface area contributed by atoms with Crippen molar-refractivity contribution in [1.29, 1.82) is 0 Å². The molecule has 142 valence electrons. The fraction of sp³-hybridized carbons (Fsp3) is 0.0345. The van der Waals surface area contributed by atoms with E-state index in [1.54, 1.807) is 0 Å². The van der Waals surface area contributed by atoms with Gasteiger partial charge in [-0.3, -0.25) is 0 Å². The van der Waals surface area contributed by atoms with E-state index in [4.69, 9.17) is 4.42 Å². The first-order chi connectivity index (χ1) is 14.9. The zero-order valence-corrected chi connectivity index (χ0v) is 16.5. The van der Waals surface area contributed by atoms with Gasteiger partial charge in [0.15, 0.2) is 0 Å². The van der Waals surface area contributed by atoms with Crippen LogP contribution in [0.1, 0.15) is 11.1 Å². The molecule has 1 heteroatoms. The van der Waals surface area contributed by atoms with Crippen molar-refractivity contribution in [1.82, 2.24) is 0 Å². The molecule has 0 saturated heterocycles. The number of benzene rings is 5. The summed E-state index contributed by atoms with van der Waals surface area (Å²) < 4.78 is 6.36. The summed E-state index contributed by atoms with van der Waals surface area (Å²) in [6.45, 7) is 0. The lowest BCUT2D eigenvalue weighted by atomic mass is 9.95. The molecule has 6 aromatic rings. The Morgan fingerprint density at radius 3 is 2.07 bits per heavy atom. The van der Waals surface area contributed by atoms with E-state index in [1.807, 2.05) is 6.07 Å². The zero-order valence-electron chi connectivity index (χ0n) is 16.5. The Hall–Kier alpha value is -3.84. The lowest BCUT2D eigenvalue weighted by Gasteiger charge is -2.08. The number of fused-ring (bicyclic) bond motifs is 5. The molecule has 0 radical (unpaired) electrons. The molecule has 5 aromatic carbocycles. The summed E-state index contributed by atoms with van der Waals surface area (Å²) in [5.74, 6) is 0. The average Bonchev–Trinajstić information content (AvgIpc) is 3.21. The molecule has 0 saturated carbocycles. The van der Waals surface area contributed by atoms with E-state index < -0.39 is 0 Å². The largest absolute Gasteiger partial charge is 0.456 e. The van der Waals surface area contributed by atoms with Gasteiger partial charge in [-0.1, -0.05) is 97.1 Å². The standard InChI is InChI=1S/C29H20O/c1-2-8-21(9-3-1)22-16-14-20(15-17-22)18-24-19-23-10-4-5-11-25(23)28-26-12-6-7-13-27(26)30-29(24)28/h1-17,19H,18H2. The number of hydrogen-bond donors (Lipinski definition) is 0. The zero-order chi connectivity index (χ0) is 19.9. The van der Waals surface area contributed by atoms with E-state index in [2.05, 4.69) is 103 Å². The lowest BCUT2D eigenvalue weighted by molar-refractivity contribution is 0.664. The van der Waals surface area contributed by atoms with Crippen LogP contribution in [0.15, 0.2) is 114 Å². The summed E-state index contributed by atoms with van der Waals surface area (Å²) >= 11 is 0. The molecular weight excluding hydrogens is 364 g/mol. The van der Waals surface area contributed by atoms with Crippen LogP contribution >= 0.6 is 0 Å². The van der Waals surface area contributed by atoms with Crippen LogP contribution < -0.4 is 0 Å². The summed E-state index contributed by atoms with van der Waals surface area (Å²) in [5.41, 5.74) is 6.95. The van der Waals surface area contributed by atoms with Crippen LogP contribution in [0.25, 0.3) is 43.8 Å². The van der Waals surface area contributed by atoms with Crippen molar-refractivity contribution >= 4 is 32.7 Å². The molecule has 0 fully saturated rings. The van der Waals surface area contributed by atoms with Crippen molar-refractivity contribution in [3.8, 4) is 11.1 Å². The summed E-state index contributed by atoms with van der Waals surface area (Å²) in [6, 6.07) is 38.6. The molecule has 0 amide bonds. The lowest BCUT2D eigenvalue weighted by Crippen LogP contribution is -1.90. The quantitative estimate of drug-likeness (QED) is 0.301.